The minimum absolute atomic E-state index is 0.180. The van der Waals surface area contributed by atoms with Gasteiger partial charge in [0.1, 0.15) is 10.7 Å². The molecule has 2 N–H and O–H groups in total. The van der Waals surface area contributed by atoms with Gasteiger partial charge in [-0.3, -0.25) is 0 Å². The Morgan fingerprint density at radius 2 is 2.28 bits per heavy atom. The smallest absolute Gasteiger partial charge is 0.179 e. The summed E-state index contributed by atoms with van der Waals surface area (Å²) in [7, 11) is -3.28. The maximum absolute atomic E-state index is 11.6. The van der Waals surface area contributed by atoms with Gasteiger partial charge in [-0.1, -0.05) is 6.42 Å². The first-order valence-electron chi connectivity index (χ1n) is 6.05. The molecule has 0 bridgehead atoms. The van der Waals surface area contributed by atoms with E-state index in [0.29, 0.717) is 12.4 Å². The van der Waals surface area contributed by atoms with Gasteiger partial charge in [-0.15, -0.1) is 0 Å². The van der Waals surface area contributed by atoms with Crippen LogP contribution < -0.4 is 5.32 Å². The Balaban J connectivity index is 2.10. The van der Waals surface area contributed by atoms with Crippen LogP contribution in [0.2, 0.25) is 0 Å². The molecule has 1 heterocycles. The summed E-state index contributed by atoms with van der Waals surface area (Å²) in [5.74, 6) is 0.554. The predicted molar refractivity (Wildman–Crippen MR) is 69.2 cm³/mol. The van der Waals surface area contributed by atoms with Crippen molar-refractivity contribution < 1.29 is 13.5 Å². The summed E-state index contributed by atoms with van der Waals surface area (Å²) in [4.78, 5) is 4.27. The molecule has 0 aliphatic heterocycles. The Morgan fingerprint density at radius 3 is 2.89 bits per heavy atom. The lowest BCUT2D eigenvalue weighted by Gasteiger charge is -2.16. The van der Waals surface area contributed by atoms with Crippen LogP contribution in [0.15, 0.2) is 23.2 Å². The molecule has 6 heteroatoms. The van der Waals surface area contributed by atoms with Gasteiger partial charge in [0.15, 0.2) is 9.84 Å². The van der Waals surface area contributed by atoms with Gasteiger partial charge in [0.2, 0.25) is 0 Å². The number of aromatic nitrogens is 1. The Kier molecular flexibility index (Phi) is 3.87. The predicted octanol–water partition coefficient (Wildman–Crippen LogP) is 1.06. The van der Waals surface area contributed by atoms with E-state index in [9.17, 15) is 13.5 Å². The highest BCUT2D eigenvalue weighted by Crippen LogP contribution is 2.26. The molecular formula is C12H18N2O3S. The van der Waals surface area contributed by atoms with E-state index in [1.165, 1.54) is 12.3 Å². The van der Waals surface area contributed by atoms with Crippen molar-refractivity contribution in [3.05, 3.63) is 18.3 Å². The minimum Gasteiger partial charge on any atom is -0.393 e. The van der Waals surface area contributed by atoms with E-state index in [1.54, 1.807) is 12.3 Å². The van der Waals surface area contributed by atoms with Crippen LogP contribution in [-0.4, -0.2) is 37.4 Å². The molecule has 100 valence electrons. The van der Waals surface area contributed by atoms with Crippen LogP contribution in [0.4, 0.5) is 5.82 Å². The van der Waals surface area contributed by atoms with E-state index in [2.05, 4.69) is 10.3 Å². The molecule has 5 nitrogen and oxygen atoms in total. The topological polar surface area (TPSA) is 79.3 Å². The molecule has 2 atom stereocenters. The Labute approximate surface area is 107 Å². The van der Waals surface area contributed by atoms with Crippen LogP contribution in [0.5, 0.6) is 0 Å². The second-order valence-electron chi connectivity index (χ2n) is 4.76. The monoisotopic (exact) mass is 270 g/mol. The largest absolute Gasteiger partial charge is 0.393 e. The normalized spacial score (nSPS) is 24.1. The highest BCUT2D eigenvalue weighted by atomic mass is 32.2. The third-order valence-corrected chi connectivity index (χ3v) is 4.45. The van der Waals surface area contributed by atoms with Crippen LogP contribution in [0.1, 0.15) is 19.3 Å². The van der Waals surface area contributed by atoms with Crippen molar-refractivity contribution in [3.8, 4) is 0 Å². The zero-order valence-electron chi connectivity index (χ0n) is 10.3. The second-order valence-corrected chi connectivity index (χ2v) is 6.75. The lowest BCUT2D eigenvalue weighted by Crippen LogP contribution is -2.23. The Morgan fingerprint density at radius 1 is 1.50 bits per heavy atom. The fourth-order valence-electron chi connectivity index (χ4n) is 2.31. The number of hydrogen-bond acceptors (Lipinski definition) is 5. The van der Waals surface area contributed by atoms with Gasteiger partial charge in [-0.05, 0) is 25.0 Å². The van der Waals surface area contributed by atoms with Crippen LogP contribution in [-0.2, 0) is 9.84 Å². The summed E-state index contributed by atoms with van der Waals surface area (Å²) in [5, 5.41) is 12.8. The van der Waals surface area contributed by atoms with Gasteiger partial charge in [-0.2, -0.15) is 0 Å². The van der Waals surface area contributed by atoms with Crippen molar-refractivity contribution in [2.75, 3.05) is 18.1 Å². The molecule has 1 fully saturated rings. The molecule has 18 heavy (non-hydrogen) atoms. The molecule has 1 aromatic heterocycles. The van der Waals surface area contributed by atoms with Gasteiger partial charge in [0.25, 0.3) is 0 Å². The number of pyridine rings is 1. The molecule has 1 saturated carbocycles. The summed E-state index contributed by atoms with van der Waals surface area (Å²) in [5.41, 5.74) is 0. The van der Waals surface area contributed by atoms with Gasteiger partial charge in [0, 0.05) is 24.9 Å². The molecule has 1 aromatic rings. The minimum atomic E-state index is -3.28. The number of hydrogen-bond donors (Lipinski definition) is 2. The Hall–Kier alpha value is -1.14. The molecule has 2 rings (SSSR count). The molecule has 0 saturated heterocycles. The zero-order chi connectivity index (χ0) is 13.2. The first-order chi connectivity index (χ1) is 8.48. The van der Waals surface area contributed by atoms with Gasteiger partial charge >= 0.3 is 0 Å². The maximum Gasteiger partial charge on any atom is 0.179 e. The molecule has 1 aliphatic rings. The second kappa shape index (κ2) is 5.24. The average molecular weight is 270 g/mol. The molecule has 0 spiro atoms. The third-order valence-electron chi connectivity index (χ3n) is 3.32. The zero-order valence-corrected chi connectivity index (χ0v) is 11.2. The Bertz CT molecular complexity index is 516. The molecule has 0 amide bonds. The van der Waals surface area contributed by atoms with Crippen molar-refractivity contribution in [3.63, 3.8) is 0 Å². The van der Waals surface area contributed by atoms with E-state index in [0.717, 1.165) is 19.3 Å². The number of sulfone groups is 1. The van der Waals surface area contributed by atoms with Crippen LogP contribution >= 0.6 is 0 Å². The number of nitrogens with zero attached hydrogens (tertiary/aromatic N) is 1. The molecule has 1 aliphatic carbocycles. The number of anilines is 1. The highest BCUT2D eigenvalue weighted by molar-refractivity contribution is 7.90. The number of rotatable bonds is 4. The van der Waals surface area contributed by atoms with E-state index < -0.39 is 9.84 Å². The third kappa shape index (κ3) is 3.00. The first kappa shape index (κ1) is 13.3. The van der Waals surface area contributed by atoms with E-state index in [1.807, 2.05) is 0 Å². The van der Waals surface area contributed by atoms with E-state index >= 15 is 0 Å². The number of aliphatic hydroxyl groups excluding tert-OH is 1. The summed E-state index contributed by atoms with van der Waals surface area (Å²) in [6.45, 7) is 0.556. The first-order valence-corrected chi connectivity index (χ1v) is 7.94. The van der Waals surface area contributed by atoms with Crippen LogP contribution in [0, 0.1) is 5.92 Å². The summed E-state index contributed by atoms with van der Waals surface area (Å²) in [6.07, 6.45) is 5.25. The molecular weight excluding hydrogens is 252 g/mol. The van der Waals surface area contributed by atoms with Crippen molar-refractivity contribution in [2.24, 2.45) is 5.92 Å². The molecule has 0 radical (unpaired) electrons. The maximum atomic E-state index is 11.6. The van der Waals surface area contributed by atoms with Crippen LogP contribution in [0.3, 0.4) is 0 Å². The molecule has 2 unspecified atom stereocenters. The standard InChI is InChI=1S/C12H18N2O3S/c1-18(16,17)11-6-3-7-13-12(11)14-8-9-4-2-5-10(9)15/h3,6-7,9-10,15H,2,4-5,8H2,1H3,(H,13,14). The van der Waals surface area contributed by atoms with Gasteiger partial charge in [0.05, 0.1) is 6.10 Å². The van der Waals surface area contributed by atoms with Crippen LogP contribution in [0.25, 0.3) is 0 Å². The average Bonchev–Trinajstić information content (AvgIpc) is 2.71. The molecule has 0 aromatic carbocycles. The summed E-state index contributed by atoms with van der Waals surface area (Å²) < 4.78 is 23.2. The SMILES string of the molecule is CS(=O)(=O)c1cccnc1NCC1CCCC1O. The van der Waals surface area contributed by atoms with Crippen molar-refractivity contribution >= 4 is 15.7 Å². The fourth-order valence-corrected chi connectivity index (χ4v) is 3.11. The van der Waals surface area contributed by atoms with Crippen molar-refractivity contribution in [2.45, 2.75) is 30.3 Å². The summed E-state index contributed by atoms with van der Waals surface area (Å²) >= 11 is 0. The van der Waals surface area contributed by atoms with Crippen molar-refractivity contribution in [1.29, 1.82) is 0 Å². The lowest BCUT2D eigenvalue weighted by atomic mass is 10.1. The number of nitrogens with one attached hydrogen (secondary N) is 1. The van der Waals surface area contributed by atoms with E-state index in [-0.39, 0.29) is 16.9 Å². The number of aliphatic hydroxyl groups is 1. The lowest BCUT2D eigenvalue weighted by molar-refractivity contribution is 0.138. The fraction of sp³-hybridized carbons (Fsp3) is 0.583. The van der Waals surface area contributed by atoms with Gasteiger partial charge in [-0.25, -0.2) is 13.4 Å². The van der Waals surface area contributed by atoms with Gasteiger partial charge < -0.3 is 10.4 Å². The van der Waals surface area contributed by atoms with Crippen molar-refractivity contribution in [1.82, 2.24) is 4.98 Å². The van der Waals surface area contributed by atoms with E-state index in [4.69, 9.17) is 0 Å². The quantitative estimate of drug-likeness (QED) is 0.855. The summed E-state index contributed by atoms with van der Waals surface area (Å²) in [6, 6.07) is 3.14. The highest BCUT2D eigenvalue weighted by Gasteiger charge is 2.25.